The predicted molar refractivity (Wildman–Crippen MR) is 105 cm³/mol. The zero-order valence-electron chi connectivity index (χ0n) is 15.3. The normalized spacial score (nSPS) is 15.8. The Kier molecular flexibility index (Phi) is 4.75. The summed E-state index contributed by atoms with van der Waals surface area (Å²) in [6.07, 6.45) is 3.76. The highest BCUT2D eigenvalue weighted by Crippen LogP contribution is 2.27. The van der Waals surface area contributed by atoms with Gasteiger partial charge in [-0.2, -0.15) is 0 Å². The maximum Gasteiger partial charge on any atom is 0.230 e. The second kappa shape index (κ2) is 7.35. The molecule has 138 valence electrons. The van der Waals surface area contributed by atoms with Gasteiger partial charge in [0.1, 0.15) is 5.82 Å². The molecule has 0 radical (unpaired) electrons. The van der Waals surface area contributed by atoms with Gasteiger partial charge in [-0.3, -0.25) is 9.78 Å². The fourth-order valence-electron chi connectivity index (χ4n) is 3.75. The molecule has 0 bridgehead atoms. The highest BCUT2D eigenvalue weighted by atomic mass is 19.1. The lowest BCUT2D eigenvalue weighted by atomic mass is 9.98. The van der Waals surface area contributed by atoms with E-state index in [2.05, 4.69) is 22.0 Å². The molecule has 5 heteroatoms. The van der Waals surface area contributed by atoms with E-state index >= 15 is 0 Å². The van der Waals surface area contributed by atoms with E-state index in [1.54, 1.807) is 25.1 Å². The zero-order valence-corrected chi connectivity index (χ0v) is 15.3. The topological polar surface area (TPSA) is 36.4 Å². The second-order valence-corrected chi connectivity index (χ2v) is 6.94. The van der Waals surface area contributed by atoms with Gasteiger partial charge in [-0.15, -0.1) is 0 Å². The van der Waals surface area contributed by atoms with Crippen LogP contribution in [0.5, 0.6) is 0 Å². The Bertz CT molecular complexity index is 961. The number of nitrogens with zero attached hydrogens (tertiary/aromatic N) is 3. The lowest BCUT2D eigenvalue weighted by Crippen LogP contribution is -2.50. The molecule has 2 heterocycles. The van der Waals surface area contributed by atoms with Gasteiger partial charge in [0.25, 0.3) is 0 Å². The molecule has 1 fully saturated rings. The van der Waals surface area contributed by atoms with Crippen molar-refractivity contribution >= 4 is 22.4 Å². The van der Waals surface area contributed by atoms with Crippen molar-refractivity contribution in [1.82, 2.24) is 9.88 Å². The number of hydrogen-bond donors (Lipinski definition) is 0. The molecule has 1 saturated heterocycles. The van der Waals surface area contributed by atoms with Crippen molar-refractivity contribution < 1.29 is 9.18 Å². The third-order valence-electron chi connectivity index (χ3n) is 5.32. The van der Waals surface area contributed by atoms with E-state index in [-0.39, 0.29) is 11.7 Å². The number of pyridine rings is 1. The van der Waals surface area contributed by atoms with Crippen molar-refractivity contribution in [1.29, 1.82) is 0 Å². The third-order valence-corrected chi connectivity index (χ3v) is 5.32. The molecule has 0 spiro atoms. The number of halogens is 1. The van der Waals surface area contributed by atoms with Crippen LogP contribution in [0.15, 0.2) is 60.9 Å². The first-order valence-electron chi connectivity index (χ1n) is 9.26. The summed E-state index contributed by atoms with van der Waals surface area (Å²) in [7, 11) is 0. The molecule has 1 aliphatic rings. The molecule has 1 unspecified atom stereocenters. The van der Waals surface area contributed by atoms with Crippen LogP contribution in [0.2, 0.25) is 0 Å². The van der Waals surface area contributed by atoms with Crippen molar-refractivity contribution in [2.24, 2.45) is 0 Å². The predicted octanol–water partition coefficient (Wildman–Crippen LogP) is 3.83. The van der Waals surface area contributed by atoms with Crippen molar-refractivity contribution in [3.8, 4) is 0 Å². The maximum absolute atomic E-state index is 14.0. The summed E-state index contributed by atoms with van der Waals surface area (Å²) in [5.41, 5.74) is 1.56. The van der Waals surface area contributed by atoms with Crippen LogP contribution in [-0.4, -0.2) is 42.0 Å². The molecule has 3 aromatic rings. The van der Waals surface area contributed by atoms with E-state index in [9.17, 15) is 9.18 Å². The minimum atomic E-state index is -0.475. The first kappa shape index (κ1) is 17.5. The summed E-state index contributed by atoms with van der Waals surface area (Å²) >= 11 is 0. The van der Waals surface area contributed by atoms with Crippen molar-refractivity contribution in [2.45, 2.75) is 12.8 Å². The smallest absolute Gasteiger partial charge is 0.230 e. The van der Waals surface area contributed by atoms with Crippen LogP contribution in [0.4, 0.5) is 10.1 Å². The number of hydrogen-bond acceptors (Lipinski definition) is 3. The van der Waals surface area contributed by atoms with Gasteiger partial charge in [0, 0.05) is 43.1 Å². The number of aromatic nitrogens is 1. The van der Waals surface area contributed by atoms with E-state index in [0.717, 1.165) is 24.2 Å². The SMILES string of the molecule is CC(C(=O)N1CCN(c2cncc3ccccc23)CC1)c1ccccc1F. The Labute approximate surface area is 158 Å². The Balaban J connectivity index is 1.47. The van der Waals surface area contributed by atoms with Crippen LogP contribution >= 0.6 is 0 Å². The molecule has 0 saturated carbocycles. The van der Waals surface area contributed by atoms with E-state index in [1.807, 2.05) is 29.4 Å². The Hall–Kier alpha value is -2.95. The number of rotatable bonds is 3. The standard InChI is InChI=1S/C22H22FN3O/c1-16(18-7-4-5-9-20(18)23)22(27)26-12-10-25(11-13-26)21-15-24-14-17-6-2-3-8-19(17)21/h2-9,14-16H,10-13H2,1H3. The van der Waals surface area contributed by atoms with Gasteiger partial charge in [-0.25, -0.2) is 4.39 Å². The zero-order chi connectivity index (χ0) is 18.8. The fraction of sp³-hybridized carbons (Fsp3) is 0.273. The molecule has 27 heavy (non-hydrogen) atoms. The van der Waals surface area contributed by atoms with Crippen molar-refractivity contribution in [3.05, 3.63) is 72.3 Å². The summed E-state index contributed by atoms with van der Waals surface area (Å²) in [6.45, 7) is 4.51. The van der Waals surface area contributed by atoms with E-state index < -0.39 is 5.92 Å². The largest absolute Gasteiger partial charge is 0.366 e. The monoisotopic (exact) mass is 363 g/mol. The summed E-state index contributed by atoms with van der Waals surface area (Å²) < 4.78 is 14.0. The number of benzene rings is 2. The number of carbonyl (C=O) groups is 1. The van der Waals surface area contributed by atoms with Gasteiger partial charge in [0.15, 0.2) is 0 Å². The highest BCUT2D eigenvalue weighted by molar-refractivity contribution is 5.93. The van der Waals surface area contributed by atoms with Gasteiger partial charge < -0.3 is 9.80 Å². The number of piperazine rings is 1. The number of anilines is 1. The number of carbonyl (C=O) groups excluding carboxylic acids is 1. The average molecular weight is 363 g/mol. The first-order chi connectivity index (χ1) is 13.1. The molecular weight excluding hydrogens is 341 g/mol. The van der Waals surface area contributed by atoms with Gasteiger partial charge in [0.05, 0.1) is 17.8 Å². The molecule has 0 aliphatic carbocycles. The van der Waals surface area contributed by atoms with Crippen LogP contribution < -0.4 is 4.90 Å². The molecule has 1 aromatic heterocycles. The van der Waals surface area contributed by atoms with Crippen LogP contribution in [0.3, 0.4) is 0 Å². The molecule has 0 N–H and O–H groups in total. The summed E-state index contributed by atoms with van der Waals surface area (Å²) in [4.78, 5) is 21.3. The first-order valence-corrected chi connectivity index (χ1v) is 9.26. The fourth-order valence-corrected chi connectivity index (χ4v) is 3.75. The van der Waals surface area contributed by atoms with Gasteiger partial charge in [-0.05, 0) is 18.6 Å². The lowest BCUT2D eigenvalue weighted by molar-refractivity contribution is -0.132. The average Bonchev–Trinajstić information content (AvgIpc) is 2.73. The maximum atomic E-state index is 14.0. The number of amides is 1. The summed E-state index contributed by atoms with van der Waals surface area (Å²) in [5.74, 6) is -0.813. The third kappa shape index (κ3) is 3.37. The molecule has 1 aliphatic heterocycles. The lowest BCUT2D eigenvalue weighted by Gasteiger charge is -2.37. The van der Waals surface area contributed by atoms with E-state index in [1.165, 1.54) is 11.5 Å². The van der Waals surface area contributed by atoms with Crippen molar-refractivity contribution in [2.75, 3.05) is 31.1 Å². The second-order valence-electron chi connectivity index (χ2n) is 6.94. The molecule has 1 atom stereocenters. The summed E-state index contributed by atoms with van der Waals surface area (Å²) in [5, 5.41) is 2.29. The molecule has 4 rings (SSSR count). The van der Waals surface area contributed by atoms with Gasteiger partial charge in [0.2, 0.25) is 5.91 Å². The molecular formula is C22H22FN3O. The van der Waals surface area contributed by atoms with Crippen LogP contribution in [-0.2, 0) is 4.79 Å². The van der Waals surface area contributed by atoms with Crippen molar-refractivity contribution in [3.63, 3.8) is 0 Å². The molecule has 4 nitrogen and oxygen atoms in total. The van der Waals surface area contributed by atoms with Crippen LogP contribution in [0.25, 0.3) is 10.8 Å². The Morgan fingerprint density at radius 2 is 1.70 bits per heavy atom. The van der Waals surface area contributed by atoms with E-state index in [4.69, 9.17) is 0 Å². The van der Waals surface area contributed by atoms with Gasteiger partial charge >= 0.3 is 0 Å². The van der Waals surface area contributed by atoms with Crippen LogP contribution in [0.1, 0.15) is 18.4 Å². The number of fused-ring (bicyclic) bond motifs is 1. The Morgan fingerprint density at radius 1 is 1.00 bits per heavy atom. The highest BCUT2D eigenvalue weighted by Gasteiger charge is 2.27. The summed E-state index contributed by atoms with van der Waals surface area (Å²) in [6, 6.07) is 14.7. The molecule has 2 aromatic carbocycles. The quantitative estimate of drug-likeness (QED) is 0.710. The van der Waals surface area contributed by atoms with E-state index in [0.29, 0.717) is 18.7 Å². The molecule has 1 amide bonds. The minimum Gasteiger partial charge on any atom is -0.366 e. The van der Waals surface area contributed by atoms with Gasteiger partial charge in [-0.1, -0.05) is 42.5 Å². The van der Waals surface area contributed by atoms with Crippen LogP contribution in [0, 0.1) is 5.82 Å². The minimum absolute atomic E-state index is 0.0178. The Morgan fingerprint density at radius 3 is 2.48 bits per heavy atom.